The summed E-state index contributed by atoms with van der Waals surface area (Å²) in [7, 11) is 4.00. The predicted octanol–water partition coefficient (Wildman–Crippen LogP) is 0.826. The van der Waals surface area contributed by atoms with Crippen LogP contribution in [0, 0.1) is 0 Å². The number of aromatic nitrogens is 2. The zero-order valence-corrected chi connectivity index (χ0v) is 10.9. The van der Waals surface area contributed by atoms with Crippen molar-refractivity contribution in [2.24, 2.45) is 5.84 Å². The van der Waals surface area contributed by atoms with Gasteiger partial charge in [-0.05, 0) is 20.0 Å². The molecule has 96 valence electrons. The smallest absolute Gasteiger partial charge is 0.222 e. The molecule has 0 fully saturated rings. The van der Waals surface area contributed by atoms with E-state index in [9.17, 15) is 0 Å². The average Bonchev–Trinajstić information content (AvgIpc) is 2.27. The number of nitrogen functional groups attached to an aromatic ring is 1. The molecule has 0 bridgehead atoms. The molecule has 6 heteroatoms. The molecule has 0 amide bonds. The first-order valence-electron chi connectivity index (χ1n) is 5.65. The minimum atomic E-state index is 0.247. The molecule has 0 spiro atoms. The third-order valence-electron chi connectivity index (χ3n) is 2.34. The van der Waals surface area contributed by atoms with Crippen LogP contribution in [0.5, 0.6) is 5.88 Å². The van der Waals surface area contributed by atoms with E-state index in [0.717, 1.165) is 12.1 Å². The van der Waals surface area contributed by atoms with Crippen molar-refractivity contribution in [3.05, 3.63) is 11.9 Å². The molecule has 1 heterocycles. The van der Waals surface area contributed by atoms with Gasteiger partial charge in [0, 0.05) is 6.54 Å². The molecular weight excluding hydrogens is 218 g/mol. The number of hydrogen-bond acceptors (Lipinski definition) is 6. The summed E-state index contributed by atoms with van der Waals surface area (Å²) in [5.74, 6) is 6.90. The first-order chi connectivity index (χ1) is 8.06. The summed E-state index contributed by atoms with van der Waals surface area (Å²) in [4.78, 5) is 10.3. The lowest BCUT2D eigenvalue weighted by Crippen LogP contribution is -2.21. The summed E-state index contributed by atoms with van der Waals surface area (Å²) >= 11 is 0. The van der Waals surface area contributed by atoms with Crippen molar-refractivity contribution in [3.8, 4) is 5.88 Å². The minimum absolute atomic E-state index is 0.247. The predicted molar refractivity (Wildman–Crippen MR) is 68.0 cm³/mol. The molecule has 1 aromatic heterocycles. The Balaban J connectivity index is 2.83. The Hall–Kier alpha value is -1.40. The number of rotatable bonds is 6. The van der Waals surface area contributed by atoms with Crippen molar-refractivity contribution >= 4 is 5.82 Å². The molecule has 1 aromatic rings. The number of nitrogens with zero attached hydrogens (tertiary/aromatic N) is 3. The highest BCUT2D eigenvalue weighted by Crippen LogP contribution is 2.29. The average molecular weight is 239 g/mol. The van der Waals surface area contributed by atoms with Gasteiger partial charge in [-0.1, -0.05) is 13.8 Å². The molecule has 17 heavy (non-hydrogen) atoms. The topological polar surface area (TPSA) is 76.3 Å². The van der Waals surface area contributed by atoms with E-state index in [1.165, 1.54) is 6.33 Å². The zero-order valence-electron chi connectivity index (χ0n) is 10.9. The second-order valence-electron chi connectivity index (χ2n) is 4.39. The fraction of sp³-hybridized carbons (Fsp3) is 0.636. The Morgan fingerprint density at radius 1 is 1.41 bits per heavy atom. The maximum absolute atomic E-state index is 5.66. The van der Waals surface area contributed by atoms with Gasteiger partial charge in [-0.2, -0.15) is 0 Å². The Morgan fingerprint density at radius 3 is 2.65 bits per heavy atom. The molecule has 0 aliphatic rings. The third-order valence-corrected chi connectivity index (χ3v) is 2.34. The molecule has 0 radical (unpaired) electrons. The van der Waals surface area contributed by atoms with Crippen molar-refractivity contribution in [1.82, 2.24) is 14.9 Å². The maximum Gasteiger partial charge on any atom is 0.222 e. The molecule has 3 N–H and O–H groups in total. The summed E-state index contributed by atoms with van der Waals surface area (Å²) in [6.45, 7) is 5.54. The number of hydrazine groups is 1. The number of nitrogens with one attached hydrogen (secondary N) is 1. The summed E-state index contributed by atoms with van der Waals surface area (Å²) in [5.41, 5.74) is 3.49. The van der Waals surface area contributed by atoms with Crippen LogP contribution in [0.4, 0.5) is 5.82 Å². The summed E-state index contributed by atoms with van der Waals surface area (Å²) in [6.07, 6.45) is 1.45. The number of nitrogens with two attached hydrogens (primary N) is 1. The van der Waals surface area contributed by atoms with Gasteiger partial charge in [0.15, 0.2) is 5.82 Å². The van der Waals surface area contributed by atoms with Crippen LogP contribution in [-0.2, 0) is 0 Å². The van der Waals surface area contributed by atoms with Gasteiger partial charge in [-0.3, -0.25) is 0 Å². The van der Waals surface area contributed by atoms with Crippen LogP contribution in [0.25, 0.3) is 0 Å². The van der Waals surface area contributed by atoms with Crippen LogP contribution >= 0.6 is 0 Å². The van der Waals surface area contributed by atoms with E-state index in [2.05, 4.69) is 34.1 Å². The van der Waals surface area contributed by atoms with Gasteiger partial charge >= 0.3 is 0 Å². The van der Waals surface area contributed by atoms with Gasteiger partial charge in [0.1, 0.15) is 12.9 Å². The van der Waals surface area contributed by atoms with E-state index in [-0.39, 0.29) is 5.92 Å². The molecule has 0 aromatic carbocycles. The van der Waals surface area contributed by atoms with Crippen LogP contribution in [-0.4, -0.2) is 42.1 Å². The molecule has 0 saturated carbocycles. The number of ether oxygens (including phenoxy) is 1. The maximum atomic E-state index is 5.66. The third kappa shape index (κ3) is 3.83. The fourth-order valence-electron chi connectivity index (χ4n) is 1.45. The lowest BCUT2D eigenvalue weighted by molar-refractivity contribution is 0.251. The van der Waals surface area contributed by atoms with Gasteiger partial charge in [0.2, 0.25) is 5.88 Å². The molecule has 6 nitrogen and oxygen atoms in total. The quantitative estimate of drug-likeness (QED) is 0.565. The summed E-state index contributed by atoms with van der Waals surface area (Å²) in [5, 5.41) is 0. The Morgan fingerprint density at radius 2 is 2.12 bits per heavy atom. The van der Waals surface area contributed by atoms with Crippen LogP contribution in [0.3, 0.4) is 0 Å². The summed E-state index contributed by atoms with van der Waals surface area (Å²) in [6, 6.07) is 0. The van der Waals surface area contributed by atoms with Gasteiger partial charge in [0.25, 0.3) is 0 Å². The lowest BCUT2D eigenvalue weighted by atomic mass is 10.1. The van der Waals surface area contributed by atoms with E-state index < -0.39 is 0 Å². The van der Waals surface area contributed by atoms with Crippen molar-refractivity contribution in [1.29, 1.82) is 0 Å². The second kappa shape index (κ2) is 6.36. The lowest BCUT2D eigenvalue weighted by Gasteiger charge is -2.16. The standard InChI is InChI=1S/C11H21N5O/c1-8(2)9-10(15-12)13-7-14-11(9)17-6-5-16(3)4/h7-8H,5-6,12H2,1-4H3,(H,13,14,15). The monoisotopic (exact) mass is 239 g/mol. The highest BCUT2D eigenvalue weighted by Gasteiger charge is 2.15. The van der Waals surface area contributed by atoms with E-state index in [4.69, 9.17) is 10.6 Å². The first-order valence-corrected chi connectivity index (χ1v) is 5.65. The van der Waals surface area contributed by atoms with Gasteiger partial charge in [-0.15, -0.1) is 0 Å². The van der Waals surface area contributed by atoms with Gasteiger partial charge < -0.3 is 15.1 Å². The Kier molecular flexibility index (Phi) is 5.11. The Labute approximate surface area is 102 Å². The van der Waals surface area contributed by atoms with Crippen LogP contribution in [0.2, 0.25) is 0 Å². The molecule has 0 saturated heterocycles. The summed E-state index contributed by atoms with van der Waals surface area (Å²) < 4.78 is 5.66. The highest BCUT2D eigenvalue weighted by atomic mass is 16.5. The molecular formula is C11H21N5O. The van der Waals surface area contributed by atoms with E-state index in [0.29, 0.717) is 18.3 Å². The first kappa shape index (κ1) is 13.7. The zero-order chi connectivity index (χ0) is 12.8. The van der Waals surface area contributed by atoms with Crippen LogP contribution in [0.15, 0.2) is 6.33 Å². The SMILES string of the molecule is CC(C)c1c(NN)ncnc1OCCN(C)C. The molecule has 0 atom stereocenters. The van der Waals surface area contributed by atoms with E-state index in [1.807, 2.05) is 14.1 Å². The molecule has 1 rings (SSSR count). The Bertz CT molecular complexity index is 354. The van der Waals surface area contributed by atoms with E-state index >= 15 is 0 Å². The van der Waals surface area contributed by atoms with Gasteiger partial charge in [0.05, 0.1) is 5.56 Å². The van der Waals surface area contributed by atoms with Crippen molar-refractivity contribution in [2.75, 3.05) is 32.7 Å². The molecule has 0 unspecified atom stereocenters. The van der Waals surface area contributed by atoms with E-state index in [1.54, 1.807) is 0 Å². The highest BCUT2D eigenvalue weighted by molar-refractivity contribution is 5.49. The van der Waals surface area contributed by atoms with Crippen molar-refractivity contribution in [2.45, 2.75) is 19.8 Å². The largest absolute Gasteiger partial charge is 0.476 e. The van der Waals surface area contributed by atoms with Crippen molar-refractivity contribution in [3.63, 3.8) is 0 Å². The van der Waals surface area contributed by atoms with Crippen LogP contribution in [0.1, 0.15) is 25.3 Å². The minimum Gasteiger partial charge on any atom is -0.476 e. The van der Waals surface area contributed by atoms with Crippen molar-refractivity contribution < 1.29 is 4.74 Å². The van der Waals surface area contributed by atoms with Gasteiger partial charge in [-0.25, -0.2) is 15.8 Å². The second-order valence-corrected chi connectivity index (χ2v) is 4.39. The number of hydrogen-bond donors (Lipinski definition) is 2. The molecule has 0 aliphatic heterocycles. The number of likely N-dealkylation sites (N-methyl/N-ethyl adjacent to an activating group) is 1. The molecule has 0 aliphatic carbocycles. The number of anilines is 1. The fourth-order valence-corrected chi connectivity index (χ4v) is 1.45. The normalized spacial score (nSPS) is 11.0. The van der Waals surface area contributed by atoms with Crippen LogP contribution < -0.4 is 16.0 Å².